The van der Waals surface area contributed by atoms with Gasteiger partial charge < -0.3 is 14.8 Å². The third kappa shape index (κ3) is 4.46. The van der Waals surface area contributed by atoms with Crippen molar-refractivity contribution in [2.24, 2.45) is 0 Å². The summed E-state index contributed by atoms with van der Waals surface area (Å²) in [6.07, 6.45) is 1.48. The molecule has 2 saturated heterocycles. The molecule has 3 rings (SSSR count). The van der Waals surface area contributed by atoms with Crippen molar-refractivity contribution in [2.75, 3.05) is 59.4 Å². The third-order valence-corrected chi connectivity index (χ3v) is 8.03. The minimum absolute atomic E-state index is 0.0469. The van der Waals surface area contributed by atoms with E-state index in [1.54, 1.807) is 4.90 Å². The number of nitrogens with zero attached hydrogens (tertiary/aromatic N) is 4. The summed E-state index contributed by atoms with van der Waals surface area (Å²) in [5, 5.41) is 0. The van der Waals surface area contributed by atoms with Crippen LogP contribution in [0.5, 0.6) is 0 Å². The molecule has 1 N–H and O–H groups in total. The maximum absolute atomic E-state index is 13.2. The Morgan fingerprint density at radius 3 is 2.00 bits per heavy atom. The summed E-state index contributed by atoms with van der Waals surface area (Å²) in [6.45, 7) is 9.02. The maximum Gasteiger partial charge on any atom is 0.282 e. The Labute approximate surface area is 179 Å². The number of carbonyl (C=O) groups excluding carboxylic acids is 2. The van der Waals surface area contributed by atoms with Gasteiger partial charge in [-0.1, -0.05) is 13.3 Å². The van der Waals surface area contributed by atoms with E-state index in [-0.39, 0.29) is 24.8 Å². The number of hydrogen-bond acceptors (Lipinski definition) is 5. The number of H-pyrrole nitrogens is 1. The SMILES string of the molecule is CCCc1c(C(=O)N2CCN(S(=O)(=O)N3CCN(C)CC3)CC2)[nH]c(C)c1C(C)=O. The number of amides is 1. The monoisotopic (exact) mass is 439 g/mol. The molecule has 2 fully saturated rings. The number of nitrogens with one attached hydrogen (secondary N) is 1. The fraction of sp³-hybridized carbons (Fsp3) is 0.700. The van der Waals surface area contributed by atoms with Crippen molar-refractivity contribution in [3.05, 3.63) is 22.5 Å². The fourth-order valence-corrected chi connectivity index (χ4v) is 5.87. The summed E-state index contributed by atoms with van der Waals surface area (Å²) in [7, 11) is -1.52. The summed E-state index contributed by atoms with van der Waals surface area (Å²) in [5.41, 5.74) is 2.57. The maximum atomic E-state index is 13.2. The van der Waals surface area contributed by atoms with Crippen LogP contribution in [0.2, 0.25) is 0 Å². The van der Waals surface area contributed by atoms with E-state index < -0.39 is 10.2 Å². The Kier molecular flexibility index (Phi) is 7.01. The zero-order valence-electron chi connectivity index (χ0n) is 18.4. The highest BCUT2D eigenvalue weighted by Gasteiger charge is 2.35. The summed E-state index contributed by atoms with van der Waals surface area (Å²) in [4.78, 5) is 32.2. The lowest BCUT2D eigenvalue weighted by Gasteiger charge is -2.39. The number of carbonyl (C=O) groups is 2. The molecule has 30 heavy (non-hydrogen) atoms. The first kappa shape index (κ1) is 22.9. The summed E-state index contributed by atoms with van der Waals surface area (Å²) in [6, 6.07) is 0. The van der Waals surface area contributed by atoms with Gasteiger partial charge in [0.25, 0.3) is 16.1 Å². The van der Waals surface area contributed by atoms with E-state index in [0.717, 1.165) is 25.1 Å². The highest BCUT2D eigenvalue weighted by molar-refractivity contribution is 7.86. The first-order valence-corrected chi connectivity index (χ1v) is 12.0. The smallest absolute Gasteiger partial charge is 0.282 e. The number of Topliss-reactive ketones (excluding diaryl/α,β-unsaturated/α-hetero) is 1. The molecule has 0 spiro atoms. The van der Waals surface area contributed by atoms with Crippen molar-refractivity contribution in [3.8, 4) is 0 Å². The van der Waals surface area contributed by atoms with E-state index in [1.165, 1.54) is 15.5 Å². The van der Waals surface area contributed by atoms with Crippen LogP contribution in [0.4, 0.5) is 0 Å². The molecule has 2 aliphatic heterocycles. The van der Waals surface area contributed by atoms with Crippen molar-refractivity contribution in [3.63, 3.8) is 0 Å². The molecule has 168 valence electrons. The van der Waals surface area contributed by atoms with Gasteiger partial charge in [0, 0.05) is 63.6 Å². The highest BCUT2D eigenvalue weighted by atomic mass is 32.2. The summed E-state index contributed by atoms with van der Waals surface area (Å²) in [5.74, 6) is -0.208. The lowest BCUT2D eigenvalue weighted by molar-refractivity contribution is 0.0685. The second-order valence-corrected chi connectivity index (χ2v) is 10.1. The summed E-state index contributed by atoms with van der Waals surface area (Å²) >= 11 is 0. The van der Waals surface area contributed by atoms with E-state index in [1.807, 2.05) is 20.9 Å². The number of aryl methyl sites for hydroxylation is 1. The Morgan fingerprint density at radius 2 is 1.50 bits per heavy atom. The van der Waals surface area contributed by atoms with Gasteiger partial charge in [0.2, 0.25) is 0 Å². The second-order valence-electron chi connectivity index (χ2n) is 8.19. The minimum atomic E-state index is -3.50. The van der Waals surface area contributed by atoms with Crippen molar-refractivity contribution >= 4 is 21.9 Å². The first-order chi connectivity index (χ1) is 14.2. The van der Waals surface area contributed by atoms with Gasteiger partial charge in [-0.25, -0.2) is 0 Å². The van der Waals surface area contributed by atoms with Gasteiger partial charge in [-0.2, -0.15) is 17.0 Å². The molecule has 0 bridgehead atoms. The van der Waals surface area contributed by atoms with Gasteiger partial charge in [0.15, 0.2) is 5.78 Å². The predicted molar refractivity (Wildman–Crippen MR) is 115 cm³/mol. The Hall–Kier alpha value is -1.75. The second kappa shape index (κ2) is 9.17. The molecule has 0 unspecified atom stereocenters. The molecule has 10 heteroatoms. The number of piperazine rings is 2. The molecular weight excluding hydrogens is 406 g/mol. The molecule has 0 atom stereocenters. The number of rotatable bonds is 6. The average molecular weight is 440 g/mol. The van der Waals surface area contributed by atoms with Gasteiger partial charge in [-0.15, -0.1) is 0 Å². The van der Waals surface area contributed by atoms with Crippen molar-refractivity contribution in [2.45, 2.75) is 33.6 Å². The molecule has 0 saturated carbocycles. The fourth-order valence-electron chi connectivity index (χ4n) is 4.30. The Bertz CT molecular complexity index is 895. The molecule has 0 aliphatic carbocycles. The van der Waals surface area contributed by atoms with Crippen LogP contribution in [0.15, 0.2) is 0 Å². The van der Waals surface area contributed by atoms with E-state index in [9.17, 15) is 18.0 Å². The minimum Gasteiger partial charge on any atom is -0.354 e. The summed E-state index contributed by atoms with van der Waals surface area (Å²) < 4.78 is 28.9. The van der Waals surface area contributed by atoms with Crippen LogP contribution in [-0.4, -0.2) is 103 Å². The Balaban J connectivity index is 1.70. The van der Waals surface area contributed by atoms with E-state index in [2.05, 4.69) is 9.88 Å². The number of aromatic amines is 1. The molecule has 1 aromatic heterocycles. The van der Waals surface area contributed by atoms with Crippen molar-refractivity contribution < 1.29 is 18.0 Å². The quantitative estimate of drug-likeness (QED) is 0.659. The van der Waals surface area contributed by atoms with Gasteiger partial charge in [0.1, 0.15) is 5.69 Å². The van der Waals surface area contributed by atoms with E-state index in [0.29, 0.717) is 49.6 Å². The number of hydrogen-bond donors (Lipinski definition) is 1. The molecule has 0 aromatic carbocycles. The molecule has 1 aromatic rings. The lowest BCUT2D eigenvalue weighted by atomic mass is 10.0. The molecule has 1 amide bonds. The predicted octanol–water partition coefficient (Wildman–Crippen LogP) is 0.728. The van der Waals surface area contributed by atoms with Gasteiger partial charge >= 0.3 is 0 Å². The van der Waals surface area contributed by atoms with Crippen LogP contribution in [-0.2, 0) is 16.6 Å². The molecule has 0 radical (unpaired) electrons. The Morgan fingerprint density at radius 1 is 0.967 bits per heavy atom. The van der Waals surface area contributed by atoms with Gasteiger partial charge in [-0.3, -0.25) is 9.59 Å². The normalized spacial score (nSPS) is 19.9. The van der Waals surface area contributed by atoms with Crippen LogP contribution in [0.1, 0.15) is 52.4 Å². The third-order valence-electron chi connectivity index (χ3n) is 6.00. The van der Waals surface area contributed by atoms with Crippen LogP contribution in [0.25, 0.3) is 0 Å². The van der Waals surface area contributed by atoms with Gasteiger partial charge in [-0.05, 0) is 32.9 Å². The van der Waals surface area contributed by atoms with Crippen LogP contribution in [0, 0.1) is 6.92 Å². The van der Waals surface area contributed by atoms with Gasteiger partial charge in [0.05, 0.1) is 0 Å². The number of ketones is 1. The first-order valence-electron chi connectivity index (χ1n) is 10.6. The molecule has 2 aliphatic rings. The zero-order chi connectivity index (χ0) is 22.1. The topological polar surface area (TPSA) is 97.0 Å². The lowest BCUT2D eigenvalue weighted by Crippen LogP contribution is -2.57. The molecular formula is C20H33N5O4S. The van der Waals surface area contributed by atoms with Crippen molar-refractivity contribution in [1.29, 1.82) is 0 Å². The molecule has 9 nitrogen and oxygen atoms in total. The number of aromatic nitrogens is 1. The zero-order valence-corrected chi connectivity index (χ0v) is 19.2. The molecule has 3 heterocycles. The largest absolute Gasteiger partial charge is 0.354 e. The van der Waals surface area contributed by atoms with Crippen LogP contribution < -0.4 is 0 Å². The number of likely N-dealkylation sites (N-methyl/N-ethyl adjacent to an activating group) is 1. The van der Waals surface area contributed by atoms with E-state index >= 15 is 0 Å². The van der Waals surface area contributed by atoms with Crippen LogP contribution in [0.3, 0.4) is 0 Å². The van der Waals surface area contributed by atoms with Crippen LogP contribution >= 0.6 is 0 Å². The average Bonchev–Trinajstić information content (AvgIpc) is 3.04. The van der Waals surface area contributed by atoms with E-state index in [4.69, 9.17) is 0 Å². The van der Waals surface area contributed by atoms with Crippen molar-refractivity contribution in [1.82, 2.24) is 23.4 Å². The highest BCUT2D eigenvalue weighted by Crippen LogP contribution is 2.24. The standard InChI is InChI=1S/C20H33N5O4S/c1-5-6-17-18(16(3)26)15(2)21-19(17)20(27)23-9-13-25(14-10-23)30(28,29)24-11-7-22(4)8-12-24/h21H,5-14H2,1-4H3.